The Kier molecular flexibility index (Phi) is 5.63. The van der Waals surface area contributed by atoms with Gasteiger partial charge < -0.3 is 5.32 Å². The molecule has 1 unspecified atom stereocenters. The predicted molar refractivity (Wildman–Crippen MR) is 87.4 cm³/mol. The molecule has 0 heterocycles. The SMILES string of the molecule is CCC(N[C@@H](C)c1cccc(F)c1)c1ccc(Cl)cc1Cl. The van der Waals surface area contributed by atoms with Gasteiger partial charge in [0, 0.05) is 22.1 Å². The first-order valence-electron chi connectivity index (χ1n) is 6.97. The van der Waals surface area contributed by atoms with Crippen molar-refractivity contribution in [1.29, 1.82) is 0 Å². The van der Waals surface area contributed by atoms with Crippen LogP contribution in [0.2, 0.25) is 10.0 Å². The lowest BCUT2D eigenvalue weighted by Crippen LogP contribution is -2.24. The fourth-order valence-corrected chi connectivity index (χ4v) is 2.93. The monoisotopic (exact) mass is 325 g/mol. The third-order valence-corrected chi connectivity index (χ3v) is 4.11. The van der Waals surface area contributed by atoms with E-state index in [1.165, 1.54) is 6.07 Å². The van der Waals surface area contributed by atoms with Crippen molar-refractivity contribution >= 4 is 23.2 Å². The molecule has 0 aromatic heterocycles. The van der Waals surface area contributed by atoms with Crippen molar-refractivity contribution in [3.63, 3.8) is 0 Å². The molecule has 0 saturated heterocycles. The van der Waals surface area contributed by atoms with Crippen LogP contribution in [0.15, 0.2) is 42.5 Å². The number of hydrogen-bond acceptors (Lipinski definition) is 1. The van der Waals surface area contributed by atoms with Gasteiger partial charge in [-0.25, -0.2) is 4.39 Å². The van der Waals surface area contributed by atoms with E-state index in [2.05, 4.69) is 12.2 Å². The molecule has 0 saturated carbocycles. The van der Waals surface area contributed by atoms with Crippen molar-refractivity contribution in [2.24, 2.45) is 0 Å². The van der Waals surface area contributed by atoms with Gasteiger partial charge in [0.05, 0.1) is 0 Å². The highest BCUT2D eigenvalue weighted by Crippen LogP contribution is 2.30. The Labute approximate surface area is 135 Å². The van der Waals surface area contributed by atoms with E-state index in [0.29, 0.717) is 10.0 Å². The van der Waals surface area contributed by atoms with Crippen LogP contribution in [-0.2, 0) is 0 Å². The van der Waals surface area contributed by atoms with Gasteiger partial charge in [-0.1, -0.05) is 48.3 Å². The van der Waals surface area contributed by atoms with Crippen molar-refractivity contribution in [2.75, 3.05) is 0 Å². The van der Waals surface area contributed by atoms with Gasteiger partial charge in [-0.05, 0) is 48.7 Å². The lowest BCUT2D eigenvalue weighted by molar-refractivity contribution is 0.455. The first-order chi connectivity index (χ1) is 10.0. The lowest BCUT2D eigenvalue weighted by Gasteiger charge is -2.24. The van der Waals surface area contributed by atoms with E-state index in [1.807, 2.05) is 25.1 Å². The van der Waals surface area contributed by atoms with Gasteiger partial charge in [0.15, 0.2) is 0 Å². The Bertz CT molecular complexity index is 615. The second-order valence-corrected chi connectivity index (χ2v) is 5.91. The molecule has 0 aliphatic carbocycles. The smallest absolute Gasteiger partial charge is 0.123 e. The maximum Gasteiger partial charge on any atom is 0.123 e. The van der Waals surface area contributed by atoms with Crippen LogP contribution in [0.5, 0.6) is 0 Å². The average molecular weight is 326 g/mol. The molecule has 0 bridgehead atoms. The van der Waals surface area contributed by atoms with Gasteiger partial charge >= 0.3 is 0 Å². The fourth-order valence-electron chi connectivity index (χ4n) is 2.39. The van der Waals surface area contributed by atoms with Gasteiger partial charge in [0.25, 0.3) is 0 Å². The van der Waals surface area contributed by atoms with Gasteiger partial charge in [0.2, 0.25) is 0 Å². The molecular weight excluding hydrogens is 308 g/mol. The molecule has 0 radical (unpaired) electrons. The van der Waals surface area contributed by atoms with E-state index in [1.54, 1.807) is 18.2 Å². The summed E-state index contributed by atoms with van der Waals surface area (Å²) in [6, 6.07) is 12.3. The standard InChI is InChI=1S/C17H18Cl2FN/c1-3-17(15-8-7-13(18)10-16(15)19)21-11(2)12-5-4-6-14(20)9-12/h4-11,17,21H,3H2,1-2H3/t11-,17?/m0/s1. The highest BCUT2D eigenvalue weighted by atomic mass is 35.5. The summed E-state index contributed by atoms with van der Waals surface area (Å²) in [5.41, 5.74) is 1.92. The summed E-state index contributed by atoms with van der Waals surface area (Å²) < 4.78 is 13.3. The summed E-state index contributed by atoms with van der Waals surface area (Å²) in [6.07, 6.45) is 0.876. The summed E-state index contributed by atoms with van der Waals surface area (Å²) in [7, 11) is 0. The Morgan fingerprint density at radius 3 is 2.52 bits per heavy atom. The van der Waals surface area contributed by atoms with Gasteiger partial charge in [-0.15, -0.1) is 0 Å². The van der Waals surface area contributed by atoms with E-state index in [-0.39, 0.29) is 17.9 Å². The highest BCUT2D eigenvalue weighted by molar-refractivity contribution is 6.35. The minimum Gasteiger partial charge on any atom is -0.303 e. The summed E-state index contributed by atoms with van der Waals surface area (Å²) in [5.74, 6) is -0.223. The first-order valence-corrected chi connectivity index (χ1v) is 7.73. The molecule has 0 fully saturated rings. The Morgan fingerprint density at radius 2 is 1.90 bits per heavy atom. The lowest BCUT2D eigenvalue weighted by atomic mass is 10.0. The molecule has 2 atom stereocenters. The molecule has 4 heteroatoms. The summed E-state index contributed by atoms with van der Waals surface area (Å²) in [4.78, 5) is 0. The maximum absolute atomic E-state index is 13.3. The molecule has 1 nitrogen and oxygen atoms in total. The summed E-state index contributed by atoms with van der Waals surface area (Å²) in [6.45, 7) is 4.10. The highest BCUT2D eigenvalue weighted by Gasteiger charge is 2.16. The summed E-state index contributed by atoms with van der Waals surface area (Å²) in [5, 5.41) is 4.76. The van der Waals surface area contributed by atoms with Crippen molar-refractivity contribution in [2.45, 2.75) is 32.4 Å². The molecule has 0 aliphatic heterocycles. The maximum atomic E-state index is 13.3. The molecule has 2 aromatic rings. The molecule has 1 N–H and O–H groups in total. The van der Waals surface area contributed by atoms with E-state index in [0.717, 1.165) is 17.5 Å². The van der Waals surface area contributed by atoms with Crippen LogP contribution in [0.25, 0.3) is 0 Å². The molecular formula is C17H18Cl2FN. The number of halogens is 3. The molecule has 0 aliphatic rings. The first kappa shape index (κ1) is 16.3. The fraction of sp³-hybridized carbons (Fsp3) is 0.294. The zero-order chi connectivity index (χ0) is 15.4. The van der Waals surface area contributed by atoms with Crippen LogP contribution in [0, 0.1) is 5.82 Å². The van der Waals surface area contributed by atoms with Crippen molar-refractivity contribution in [3.8, 4) is 0 Å². The van der Waals surface area contributed by atoms with E-state index >= 15 is 0 Å². The largest absolute Gasteiger partial charge is 0.303 e. The Morgan fingerprint density at radius 1 is 1.14 bits per heavy atom. The minimum atomic E-state index is -0.223. The topological polar surface area (TPSA) is 12.0 Å². The molecule has 112 valence electrons. The third kappa shape index (κ3) is 4.19. The zero-order valence-electron chi connectivity index (χ0n) is 12.0. The van der Waals surface area contributed by atoms with E-state index in [9.17, 15) is 4.39 Å². The third-order valence-electron chi connectivity index (χ3n) is 3.55. The Balaban J connectivity index is 2.18. The number of nitrogens with one attached hydrogen (secondary N) is 1. The molecule has 0 amide bonds. The van der Waals surface area contributed by atoms with Gasteiger partial charge in [-0.3, -0.25) is 0 Å². The Hall–Kier alpha value is -1.09. The van der Waals surface area contributed by atoms with Crippen LogP contribution in [0.4, 0.5) is 4.39 Å². The normalized spacial score (nSPS) is 14.0. The number of benzene rings is 2. The van der Waals surface area contributed by atoms with Crippen LogP contribution in [0.3, 0.4) is 0 Å². The van der Waals surface area contributed by atoms with Gasteiger partial charge in [-0.2, -0.15) is 0 Å². The van der Waals surface area contributed by atoms with E-state index < -0.39 is 0 Å². The molecule has 2 aromatic carbocycles. The molecule has 2 rings (SSSR count). The predicted octanol–water partition coefficient (Wildman–Crippen LogP) is 5.93. The van der Waals surface area contributed by atoms with Crippen LogP contribution in [0.1, 0.15) is 43.5 Å². The zero-order valence-corrected chi connectivity index (χ0v) is 13.5. The number of hydrogen-bond donors (Lipinski definition) is 1. The quantitative estimate of drug-likeness (QED) is 0.717. The number of rotatable bonds is 5. The molecule has 21 heavy (non-hydrogen) atoms. The average Bonchev–Trinajstić information content (AvgIpc) is 2.45. The van der Waals surface area contributed by atoms with Crippen molar-refractivity contribution in [3.05, 3.63) is 69.5 Å². The van der Waals surface area contributed by atoms with Crippen molar-refractivity contribution in [1.82, 2.24) is 5.32 Å². The van der Waals surface area contributed by atoms with Crippen LogP contribution < -0.4 is 5.32 Å². The van der Waals surface area contributed by atoms with E-state index in [4.69, 9.17) is 23.2 Å². The van der Waals surface area contributed by atoms with Crippen molar-refractivity contribution < 1.29 is 4.39 Å². The van der Waals surface area contributed by atoms with Gasteiger partial charge in [0.1, 0.15) is 5.82 Å². The van der Waals surface area contributed by atoms with Crippen LogP contribution in [-0.4, -0.2) is 0 Å². The molecule has 0 spiro atoms. The summed E-state index contributed by atoms with van der Waals surface area (Å²) >= 11 is 12.2. The minimum absolute atomic E-state index is 0.0254. The second kappa shape index (κ2) is 7.26. The second-order valence-electron chi connectivity index (χ2n) is 5.07. The van der Waals surface area contributed by atoms with Crippen LogP contribution >= 0.6 is 23.2 Å².